The van der Waals surface area contributed by atoms with Crippen LogP contribution in [0.5, 0.6) is 0 Å². The smallest absolute Gasteiger partial charge is 0.0127 e. The van der Waals surface area contributed by atoms with Gasteiger partial charge in [-0.05, 0) is 24.8 Å². The van der Waals surface area contributed by atoms with E-state index in [1.165, 1.54) is 26.1 Å². The van der Waals surface area contributed by atoms with Gasteiger partial charge in [-0.25, -0.2) is 0 Å². The molecule has 2 heteroatoms. The maximum atomic E-state index is 5.80. The van der Waals surface area contributed by atoms with Crippen LogP contribution in [-0.2, 0) is 0 Å². The molecule has 1 aliphatic carbocycles. The van der Waals surface area contributed by atoms with Gasteiger partial charge in [-0.1, -0.05) is 6.92 Å². The molecule has 2 N–H and O–H groups in total. The summed E-state index contributed by atoms with van der Waals surface area (Å²) in [6.45, 7) is 6.07. The Kier molecular flexibility index (Phi) is 1.46. The molecule has 1 saturated heterocycles. The Balaban J connectivity index is 1.79. The van der Waals surface area contributed by atoms with Gasteiger partial charge >= 0.3 is 0 Å². The van der Waals surface area contributed by atoms with Gasteiger partial charge in [-0.15, -0.1) is 0 Å². The zero-order valence-corrected chi connectivity index (χ0v) is 6.59. The Labute approximate surface area is 62.4 Å². The van der Waals surface area contributed by atoms with Crippen molar-refractivity contribution in [2.45, 2.75) is 19.4 Å². The first-order valence-electron chi connectivity index (χ1n) is 4.31. The normalized spacial score (nSPS) is 45.6. The number of hydrogen-bond donors (Lipinski definition) is 1. The van der Waals surface area contributed by atoms with Crippen LogP contribution in [0.1, 0.15) is 13.3 Å². The number of piperidine rings is 1. The van der Waals surface area contributed by atoms with Gasteiger partial charge in [0.15, 0.2) is 0 Å². The average molecular weight is 140 g/mol. The van der Waals surface area contributed by atoms with E-state index >= 15 is 0 Å². The molecule has 2 aliphatic rings. The van der Waals surface area contributed by atoms with Crippen molar-refractivity contribution >= 4 is 0 Å². The van der Waals surface area contributed by atoms with Gasteiger partial charge in [0.2, 0.25) is 0 Å². The monoisotopic (exact) mass is 140 g/mol. The van der Waals surface area contributed by atoms with Gasteiger partial charge in [0.05, 0.1) is 0 Å². The van der Waals surface area contributed by atoms with Crippen LogP contribution >= 0.6 is 0 Å². The molecule has 0 aromatic carbocycles. The number of rotatable bonds is 2. The van der Waals surface area contributed by atoms with E-state index in [1.807, 2.05) is 0 Å². The van der Waals surface area contributed by atoms with E-state index in [1.54, 1.807) is 0 Å². The van der Waals surface area contributed by atoms with Crippen LogP contribution in [0.15, 0.2) is 0 Å². The number of likely N-dealkylation sites (tertiary alicyclic amines) is 1. The highest BCUT2D eigenvalue weighted by molar-refractivity contribution is 5.08. The zero-order chi connectivity index (χ0) is 7.14. The molecular weight excluding hydrogens is 124 g/mol. The molecule has 2 nitrogen and oxygen atoms in total. The molecule has 0 aromatic rings. The first-order chi connectivity index (χ1) is 4.83. The van der Waals surface area contributed by atoms with E-state index < -0.39 is 0 Å². The Morgan fingerprint density at radius 2 is 2.00 bits per heavy atom. The standard InChI is InChI=1S/C8H16N2/c1-2-3-10-4-6-7(5-10)8(6)9/h6-8H,2-5,9H2,1H3. The quantitative estimate of drug-likeness (QED) is 0.597. The van der Waals surface area contributed by atoms with Crippen molar-refractivity contribution in [1.29, 1.82) is 0 Å². The fourth-order valence-corrected chi connectivity index (χ4v) is 2.16. The minimum absolute atomic E-state index is 0.563. The minimum Gasteiger partial charge on any atom is -0.327 e. The lowest BCUT2D eigenvalue weighted by molar-refractivity contribution is 0.299. The van der Waals surface area contributed by atoms with E-state index in [0.29, 0.717) is 6.04 Å². The Bertz CT molecular complexity index is 123. The van der Waals surface area contributed by atoms with Crippen molar-refractivity contribution in [2.24, 2.45) is 17.6 Å². The van der Waals surface area contributed by atoms with Gasteiger partial charge in [-0.2, -0.15) is 0 Å². The third kappa shape index (κ3) is 0.867. The van der Waals surface area contributed by atoms with Crippen molar-refractivity contribution < 1.29 is 0 Å². The lowest BCUT2D eigenvalue weighted by atomic mass is 10.3. The van der Waals surface area contributed by atoms with Gasteiger partial charge in [0.25, 0.3) is 0 Å². The summed E-state index contributed by atoms with van der Waals surface area (Å²) in [6, 6.07) is 0.563. The molecule has 0 amide bonds. The summed E-state index contributed by atoms with van der Waals surface area (Å²) in [5, 5.41) is 0. The van der Waals surface area contributed by atoms with Gasteiger partial charge < -0.3 is 10.6 Å². The molecule has 0 spiro atoms. The maximum Gasteiger partial charge on any atom is 0.0127 e. The molecule has 1 aliphatic heterocycles. The Morgan fingerprint density at radius 1 is 1.40 bits per heavy atom. The highest BCUT2D eigenvalue weighted by Crippen LogP contribution is 2.43. The maximum absolute atomic E-state index is 5.80. The highest BCUT2D eigenvalue weighted by atomic mass is 15.2. The van der Waals surface area contributed by atoms with E-state index in [-0.39, 0.29) is 0 Å². The second-order valence-corrected chi connectivity index (χ2v) is 3.66. The molecule has 10 heavy (non-hydrogen) atoms. The van der Waals surface area contributed by atoms with Crippen molar-refractivity contribution in [3.8, 4) is 0 Å². The molecule has 2 unspecified atom stereocenters. The second kappa shape index (κ2) is 2.21. The summed E-state index contributed by atoms with van der Waals surface area (Å²) >= 11 is 0. The number of nitrogens with two attached hydrogens (primary N) is 1. The first-order valence-corrected chi connectivity index (χ1v) is 4.31. The first kappa shape index (κ1) is 6.62. The van der Waals surface area contributed by atoms with Crippen LogP contribution in [-0.4, -0.2) is 30.6 Å². The average Bonchev–Trinajstić information content (AvgIpc) is 2.44. The van der Waals surface area contributed by atoms with Crippen molar-refractivity contribution in [1.82, 2.24) is 4.90 Å². The molecule has 0 bridgehead atoms. The van der Waals surface area contributed by atoms with Gasteiger partial charge in [0.1, 0.15) is 0 Å². The molecule has 0 radical (unpaired) electrons. The van der Waals surface area contributed by atoms with E-state index in [4.69, 9.17) is 5.73 Å². The van der Waals surface area contributed by atoms with Crippen LogP contribution < -0.4 is 5.73 Å². The minimum atomic E-state index is 0.563. The van der Waals surface area contributed by atoms with Crippen LogP contribution in [0.25, 0.3) is 0 Å². The summed E-state index contributed by atoms with van der Waals surface area (Å²) < 4.78 is 0. The lowest BCUT2D eigenvalue weighted by Gasteiger charge is -2.16. The lowest BCUT2D eigenvalue weighted by Crippen LogP contribution is -2.28. The van der Waals surface area contributed by atoms with Gasteiger partial charge in [0, 0.05) is 19.1 Å². The molecular formula is C8H16N2. The summed E-state index contributed by atoms with van der Waals surface area (Å²) in [7, 11) is 0. The number of fused-ring (bicyclic) bond motifs is 1. The zero-order valence-electron chi connectivity index (χ0n) is 6.59. The molecule has 1 saturated carbocycles. The second-order valence-electron chi connectivity index (χ2n) is 3.66. The molecule has 1 heterocycles. The highest BCUT2D eigenvalue weighted by Gasteiger charge is 2.52. The fraction of sp³-hybridized carbons (Fsp3) is 1.00. The summed E-state index contributed by atoms with van der Waals surface area (Å²) in [6.07, 6.45) is 1.29. The predicted molar refractivity (Wildman–Crippen MR) is 41.7 cm³/mol. The fourth-order valence-electron chi connectivity index (χ4n) is 2.16. The van der Waals surface area contributed by atoms with Crippen LogP contribution in [0.4, 0.5) is 0 Å². The molecule has 2 rings (SSSR count). The van der Waals surface area contributed by atoms with Crippen LogP contribution in [0.2, 0.25) is 0 Å². The Hall–Kier alpha value is -0.0800. The third-order valence-electron chi connectivity index (χ3n) is 2.88. The summed E-state index contributed by atoms with van der Waals surface area (Å²) in [4.78, 5) is 2.54. The molecule has 2 fully saturated rings. The summed E-state index contributed by atoms with van der Waals surface area (Å²) in [5.74, 6) is 1.73. The largest absolute Gasteiger partial charge is 0.327 e. The summed E-state index contributed by atoms with van der Waals surface area (Å²) in [5.41, 5.74) is 5.80. The van der Waals surface area contributed by atoms with Gasteiger partial charge in [-0.3, -0.25) is 0 Å². The van der Waals surface area contributed by atoms with E-state index in [9.17, 15) is 0 Å². The van der Waals surface area contributed by atoms with E-state index in [2.05, 4.69) is 11.8 Å². The Morgan fingerprint density at radius 3 is 2.50 bits per heavy atom. The molecule has 0 aromatic heterocycles. The molecule has 58 valence electrons. The topological polar surface area (TPSA) is 29.3 Å². The van der Waals surface area contributed by atoms with Crippen molar-refractivity contribution in [2.75, 3.05) is 19.6 Å². The van der Waals surface area contributed by atoms with E-state index in [0.717, 1.165) is 11.8 Å². The van der Waals surface area contributed by atoms with Crippen molar-refractivity contribution in [3.05, 3.63) is 0 Å². The molecule has 2 atom stereocenters. The van der Waals surface area contributed by atoms with Crippen LogP contribution in [0.3, 0.4) is 0 Å². The van der Waals surface area contributed by atoms with Crippen molar-refractivity contribution in [3.63, 3.8) is 0 Å². The number of nitrogens with zero attached hydrogens (tertiary/aromatic N) is 1. The SMILES string of the molecule is CCCN1CC2C(N)C2C1. The van der Waals surface area contributed by atoms with Crippen LogP contribution in [0, 0.1) is 11.8 Å². The number of hydrogen-bond acceptors (Lipinski definition) is 2. The predicted octanol–water partition coefficient (Wildman–Crippen LogP) is 0.285. The third-order valence-corrected chi connectivity index (χ3v) is 2.88.